The molecule has 0 N–H and O–H groups in total. The zero-order valence-electron chi connectivity index (χ0n) is 5.40. The van der Waals surface area contributed by atoms with Gasteiger partial charge in [-0.1, -0.05) is 6.08 Å². The van der Waals surface area contributed by atoms with Crippen molar-refractivity contribution in [1.29, 1.82) is 0 Å². The fourth-order valence-corrected chi connectivity index (χ4v) is 0.343. The summed E-state index contributed by atoms with van der Waals surface area (Å²) in [6.07, 6.45) is 1.66. The molecule has 0 saturated heterocycles. The highest BCUT2D eigenvalue weighted by Crippen LogP contribution is 2.22. The number of hydrogen-bond acceptors (Lipinski definition) is 1. The predicted octanol–water partition coefficient (Wildman–Crippen LogP) is 2.57. The SMILES string of the molecule is C/C=C(\S)C(C)(C)F. The number of allylic oxidation sites excluding steroid dienone is 2. The topological polar surface area (TPSA) is 0 Å². The van der Waals surface area contributed by atoms with Gasteiger partial charge in [0, 0.05) is 4.91 Å². The average molecular weight is 134 g/mol. The Labute approximate surface area is 55.2 Å². The van der Waals surface area contributed by atoms with Crippen molar-refractivity contribution in [2.75, 3.05) is 0 Å². The van der Waals surface area contributed by atoms with E-state index in [-0.39, 0.29) is 0 Å². The summed E-state index contributed by atoms with van der Waals surface area (Å²) in [5, 5.41) is 0. The van der Waals surface area contributed by atoms with Gasteiger partial charge in [-0.05, 0) is 20.8 Å². The van der Waals surface area contributed by atoms with Gasteiger partial charge in [0.2, 0.25) is 0 Å². The molecule has 48 valence electrons. The lowest BCUT2D eigenvalue weighted by Gasteiger charge is -2.12. The Balaban J connectivity index is 4.03. The summed E-state index contributed by atoms with van der Waals surface area (Å²) in [6, 6.07) is 0. The molecule has 0 aliphatic rings. The van der Waals surface area contributed by atoms with Gasteiger partial charge >= 0.3 is 0 Å². The van der Waals surface area contributed by atoms with E-state index in [1.54, 1.807) is 13.0 Å². The minimum atomic E-state index is -1.27. The maximum absolute atomic E-state index is 12.6. The largest absolute Gasteiger partial charge is 0.239 e. The van der Waals surface area contributed by atoms with Crippen LogP contribution in [-0.2, 0) is 0 Å². The third-order valence-electron chi connectivity index (χ3n) is 0.883. The van der Waals surface area contributed by atoms with Crippen molar-refractivity contribution in [2.24, 2.45) is 0 Å². The van der Waals surface area contributed by atoms with Gasteiger partial charge in [0.1, 0.15) is 5.67 Å². The number of rotatable bonds is 1. The van der Waals surface area contributed by atoms with Gasteiger partial charge in [-0.15, -0.1) is 12.6 Å². The summed E-state index contributed by atoms with van der Waals surface area (Å²) >= 11 is 3.90. The van der Waals surface area contributed by atoms with Gasteiger partial charge in [0.15, 0.2) is 0 Å². The Kier molecular flexibility index (Phi) is 2.54. The molecule has 0 radical (unpaired) electrons. The van der Waals surface area contributed by atoms with Crippen molar-refractivity contribution >= 4 is 12.6 Å². The number of alkyl halides is 1. The normalized spacial score (nSPS) is 14.4. The Morgan fingerprint density at radius 3 is 2.00 bits per heavy atom. The molecule has 0 aromatic carbocycles. The highest BCUT2D eigenvalue weighted by molar-refractivity contribution is 7.84. The van der Waals surface area contributed by atoms with Crippen molar-refractivity contribution in [3.8, 4) is 0 Å². The summed E-state index contributed by atoms with van der Waals surface area (Å²) in [6.45, 7) is 4.73. The smallest absolute Gasteiger partial charge is 0.135 e. The fraction of sp³-hybridized carbons (Fsp3) is 0.667. The Morgan fingerprint density at radius 2 is 2.00 bits per heavy atom. The fourth-order valence-electron chi connectivity index (χ4n) is 0.343. The van der Waals surface area contributed by atoms with E-state index in [1.165, 1.54) is 13.8 Å². The Hall–Kier alpha value is 0.0200. The first-order valence-corrected chi connectivity index (χ1v) is 2.98. The molecule has 0 bridgehead atoms. The van der Waals surface area contributed by atoms with Gasteiger partial charge < -0.3 is 0 Å². The van der Waals surface area contributed by atoms with Crippen LogP contribution >= 0.6 is 12.6 Å². The first-order valence-electron chi connectivity index (χ1n) is 2.53. The standard InChI is InChI=1S/C6H11FS/c1-4-5(8)6(2,3)7/h4,8H,1-3H3/b5-4-. The van der Waals surface area contributed by atoms with Gasteiger partial charge in [0.05, 0.1) is 0 Å². The minimum absolute atomic E-state index is 0.484. The van der Waals surface area contributed by atoms with E-state index in [1.807, 2.05) is 0 Å². The molecule has 0 heterocycles. The number of hydrogen-bond donors (Lipinski definition) is 1. The highest BCUT2D eigenvalue weighted by atomic mass is 32.1. The van der Waals surface area contributed by atoms with Crippen LogP contribution in [0.25, 0.3) is 0 Å². The van der Waals surface area contributed by atoms with Crippen molar-refractivity contribution in [3.63, 3.8) is 0 Å². The first kappa shape index (κ1) is 8.02. The second-order valence-corrected chi connectivity index (χ2v) is 2.63. The second kappa shape index (κ2) is 2.53. The molecule has 0 nitrogen and oxygen atoms in total. The third kappa shape index (κ3) is 2.36. The van der Waals surface area contributed by atoms with E-state index in [2.05, 4.69) is 12.6 Å². The zero-order valence-corrected chi connectivity index (χ0v) is 6.30. The minimum Gasteiger partial charge on any atom is -0.239 e. The first-order chi connectivity index (χ1) is 3.48. The summed E-state index contributed by atoms with van der Waals surface area (Å²) in [5.41, 5.74) is -1.27. The molecule has 2 heteroatoms. The third-order valence-corrected chi connectivity index (χ3v) is 1.67. The molecule has 0 aromatic rings. The van der Waals surface area contributed by atoms with Crippen LogP contribution < -0.4 is 0 Å². The zero-order chi connectivity index (χ0) is 6.78. The number of halogens is 1. The van der Waals surface area contributed by atoms with Gasteiger partial charge in [-0.2, -0.15) is 0 Å². The molecule has 0 saturated carbocycles. The molecule has 0 atom stereocenters. The molecule has 0 amide bonds. The molecule has 0 aliphatic carbocycles. The molecular formula is C6H11FS. The lowest BCUT2D eigenvalue weighted by atomic mass is 10.1. The van der Waals surface area contributed by atoms with E-state index < -0.39 is 5.67 Å². The van der Waals surface area contributed by atoms with Crippen molar-refractivity contribution < 1.29 is 4.39 Å². The second-order valence-electron chi connectivity index (χ2n) is 2.15. The summed E-state index contributed by atoms with van der Waals surface area (Å²) in [5.74, 6) is 0. The molecule has 0 unspecified atom stereocenters. The Morgan fingerprint density at radius 1 is 1.62 bits per heavy atom. The maximum Gasteiger partial charge on any atom is 0.135 e. The van der Waals surface area contributed by atoms with Crippen molar-refractivity contribution in [3.05, 3.63) is 11.0 Å². The van der Waals surface area contributed by atoms with Gasteiger partial charge in [0.25, 0.3) is 0 Å². The van der Waals surface area contributed by atoms with Crippen LogP contribution in [0.3, 0.4) is 0 Å². The maximum atomic E-state index is 12.6. The molecule has 0 aromatic heterocycles. The van der Waals surface area contributed by atoms with Crippen LogP contribution in [0.2, 0.25) is 0 Å². The molecule has 0 aliphatic heterocycles. The van der Waals surface area contributed by atoms with Crippen LogP contribution in [-0.4, -0.2) is 5.67 Å². The van der Waals surface area contributed by atoms with E-state index in [0.29, 0.717) is 4.91 Å². The predicted molar refractivity (Wildman–Crippen MR) is 37.9 cm³/mol. The van der Waals surface area contributed by atoms with E-state index in [0.717, 1.165) is 0 Å². The molecule has 0 rings (SSSR count). The molecule has 0 fully saturated rings. The molecule has 8 heavy (non-hydrogen) atoms. The van der Waals surface area contributed by atoms with Crippen LogP contribution in [0.5, 0.6) is 0 Å². The Bertz CT molecular complexity index is 99.6. The monoisotopic (exact) mass is 134 g/mol. The van der Waals surface area contributed by atoms with Crippen LogP contribution in [0, 0.1) is 0 Å². The summed E-state index contributed by atoms with van der Waals surface area (Å²) in [7, 11) is 0. The van der Waals surface area contributed by atoms with E-state index in [9.17, 15) is 4.39 Å². The van der Waals surface area contributed by atoms with Crippen molar-refractivity contribution in [1.82, 2.24) is 0 Å². The van der Waals surface area contributed by atoms with Crippen LogP contribution in [0.4, 0.5) is 4.39 Å². The van der Waals surface area contributed by atoms with Crippen molar-refractivity contribution in [2.45, 2.75) is 26.4 Å². The van der Waals surface area contributed by atoms with Crippen LogP contribution in [0.15, 0.2) is 11.0 Å². The molecular weight excluding hydrogens is 123 g/mol. The number of thiol groups is 1. The van der Waals surface area contributed by atoms with Gasteiger partial charge in [-0.25, -0.2) is 4.39 Å². The summed E-state index contributed by atoms with van der Waals surface area (Å²) in [4.78, 5) is 0.484. The van der Waals surface area contributed by atoms with Gasteiger partial charge in [-0.3, -0.25) is 0 Å². The average Bonchev–Trinajstić information content (AvgIpc) is 1.62. The quantitative estimate of drug-likeness (QED) is 0.523. The van der Waals surface area contributed by atoms with E-state index in [4.69, 9.17) is 0 Å². The van der Waals surface area contributed by atoms with E-state index >= 15 is 0 Å². The highest BCUT2D eigenvalue weighted by Gasteiger charge is 2.17. The lowest BCUT2D eigenvalue weighted by Crippen LogP contribution is -2.10. The molecule has 0 spiro atoms. The summed E-state index contributed by atoms with van der Waals surface area (Å²) < 4.78 is 12.6. The lowest BCUT2D eigenvalue weighted by molar-refractivity contribution is 0.282. The van der Waals surface area contributed by atoms with Crippen LogP contribution in [0.1, 0.15) is 20.8 Å².